The number of piperidine rings is 2. The van der Waals surface area contributed by atoms with Gasteiger partial charge in [-0.1, -0.05) is 11.9 Å². The van der Waals surface area contributed by atoms with Crippen molar-refractivity contribution in [3.8, 4) is 0 Å². The molecule has 1 aromatic carbocycles. The van der Waals surface area contributed by atoms with Crippen LogP contribution in [0.3, 0.4) is 0 Å². The highest BCUT2D eigenvalue weighted by molar-refractivity contribution is 8.00. The lowest BCUT2D eigenvalue weighted by Crippen LogP contribution is -2.44. The molecule has 0 bridgehead atoms. The second kappa shape index (κ2) is 13.2. The molecule has 0 atom stereocenters. The van der Waals surface area contributed by atoms with E-state index in [0.717, 1.165) is 29.2 Å². The van der Waals surface area contributed by atoms with Gasteiger partial charge >= 0.3 is 0 Å². The maximum Gasteiger partial charge on any atom is 0.269 e. The Hall–Kier alpha value is -2.92. The number of rotatable bonds is 11. The lowest BCUT2D eigenvalue weighted by atomic mass is 9.94. The molecule has 2 fully saturated rings. The molecule has 0 amide bonds. The number of anilines is 4. The van der Waals surface area contributed by atoms with Crippen LogP contribution >= 0.6 is 11.9 Å². The molecule has 2 N–H and O–H groups in total. The fourth-order valence-corrected chi connectivity index (χ4v) is 5.30. The molecule has 2 aromatic rings. The number of carbonyl (C=O) groups excluding carboxylic acids is 1. The van der Waals surface area contributed by atoms with Gasteiger partial charge in [-0.2, -0.15) is 8.78 Å². The molecule has 0 radical (unpaired) electrons. The number of aldehydes is 1. The number of aromatic nitrogens is 1. The number of hydrogen-bond donors (Lipinski definition) is 2. The van der Waals surface area contributed by atoms with Crippen LogP contribution in [-0.4, -0.2) is 69.1 Å². The average Bonchev–Trinajstić information content (AvgIpc) is 2.95. The van der Waals surface area contributed by atoms with Crippen molar-refractivity contribution in [2.75, 3.05) is 72.0 Å². The van der Waals surface area contributed by atoms with E-state index in [1.165, 1.54) is 11.9 Å². The lowest BCUT2D eigenvalue weighted by molar-refractivity contribution is 0.00547. The molecule has 4 rings (SSSR count). The van der Waals surface area contributed by atoms with Crippen LogP contribution in [0.25, 0.3) is 0 Å². The topological polar surface area (TPSA) is 69.7 Å². The predicted molar refractivity (Wildman–Crippen MR) is 148 cm³/mol. The molecule has 3 heterocycles. The number of carbonyl (C=O) groups is 1. The number of pyridine rings is 1. The highest BCUT2D eigenvalue weighted by Crippen LogP contribution is 2.31. The van der Waals surface area contributed by atoms with Gasteiger partial charge in [-0.15, -0.1) is 0 Å². The van der Waals surface area contributed by atoms with Crippen molar-refractivity contribution in [3.63, 3.8) is 0 Å². The zero-order valence-electron chi connectivity index (χ0n) is 21.5. The van der Waals surface area contributed by atoms with E-state index in [0.29, 0.717) is 69.8 Å². The summed E-state index contributed by atoms with van der Waals surface area (Å²) >= 11 is 1.43. The van der Waals surface area contributed by atoms with Gasteiger partial charge in [0.05, 0.1) is 13.2 Å². The lowest BCUT2D eigenvalue weighted by Gasteiger charge is -2.36. The molecule has 38 heavy (non-hydrogen) atoms. The van der Waals surface area contributed by atoms with Gasteiger partial charge < -0.3 is 24.6 Å². The molecule has 2 saturated heterocycles. The van der Waals surface area contributed by atoms with Gasteiger partial charge in [0.1, 0.15) is 11.5 Å². The summed E-state index contributed by atoms with van der Waals surface area (Å²) in [6, 6.07) is 9.26. The number of benzene rings is 1. The third-order valence-electron chi connectivity index (χ3n) is 7.03. The van der Waals surface area contributed by atoms with Crippen LogP contribution in [-0.2, 0) is 4.74 Å². The van der Waals surface area contributed by atoms with Crippen LogP contribution in [0.4, 0.5) is 36.1 Å². The Morgan fingerprint density at radius 3 is 2.55 bits per heavy atom. The summed E-state index contributed by atoms with van der Waals surface area (Å²) in [6.07, 6.45) is 2.31. The summed E-state index contributed by atoms with van der Waals surface area (Å²) < 4.78 is 49.9. The van der Waals surface area contributed by atoms with Crippen LogP contribution in [0.15, 0.2) is 48.2 Å². The summed E-state index contributed by atoms with van der Waals surface area (Å²) in [5.41, 5.74) is 1.89. The van der Waals surface area contributed by atoms with E-state index < -0.39 is 11.7 Å². The number of nitrogens with one attached hydrogen (secondary N) is 2. The van der Waals surface area contributed by atoms with Crippen LogP contribution in [0.5, 0.6) is 0 Å². The van der Waals surface area contributed by atoms with Crippen molar-refractivity contribution in [3.05, 3.63) is 53.7 Å². The zero-order valence-corrected chi connectivity index (χ0v) is 22.3. The highest BCUT2D eigenvalue weighted by atomic mass is 32.2. The molecule has 11 heteroatoms. The normalized spacial score (nSPS) is 17.3. The molecule has 7 nitrogen and oxygen atoms in total. The second-order valence-corrected chi connectivity index (χ2v) is 10.4. The molecule has 0 aliphatic carbocycles. The molecular formula is C27H34F3N5O2S. The van der Waals surface area contributed by atoms with Crippen molar-refractivity contribution < 1.29 is 22.7 Å². The first kappa shape index (κ1) is 28.1. The number of hydrogen-bond acceptors (Lipinski definition) is 8. The summed E-state index contributed by atoms with van der Waals surface area (Å²) in [6.45, 7) is 2.53. The summed E-state index contributed by atoms with van der Waals surface area (Å²) in [5, 5.41) is 3.10. The van der Waals surface area contributed by atoms with Crippen LogP contribution < -0.4 is 19.8 Å². The Morgan fingerprint density at radius 1 is 1.11 bits per heavy atom. The first-order chi connectivity index (χ1) is 18.4. The number of alkyl halides is 1. The Morgan fingerprint density at radius 2 is 1.87 bits per heavy atom. The smallest absolute Gasteiger partial charge is 0.269 e. The number of halogens is 3. The van der Waals surface area contributed by atoms with Gasteiger partial charge in [-0.05, 0) is 42.7 Å². The van der Waals surface area contributed by atoms with Crippen LogP contribution in [0.1, 0.15) is 36.0 Å². The fourth-order valence-electron chi connectivity index (χ4n) is 4.70. The molecule has 206 valence electrons. The molecule has 0 saturated carbocycles. The van der Waals surface area contributed by atoms with Crippen molar-refractivity contribution in [1.29, 1.82) is 0 Å². The minimum atomic E-state index is -1.59. The molecule has 0 spiro atoms. The van der Waals surface area contributed by atoms with Gasteiger partial charge in [-0.3, -0.25) is 4.79 Å². The highest BCUT2D eigenvalue weighted by Gasteiger charge is 2.35. The maximum atomic E-state index is 15.3. The molecular weight excluding hydrogens is 515 g/mol. The van der Waals surface area contributed by atoms with Crippen molar-refractivity contribution in [2.45, 2.75) is 31.4 Å². The SMILES string of the molecule is CNc1ccnc(N2CCC(F)(COCCSNc3ccc(C=O)c(N4CCC(=C(F)F)CC4)c3)CC2)c1. The standard InChI is InChI=1S/C27H34F3N5O2S/c1-31-22-4-9-32-25(17-22)35-12-7-27(30,8-13-35)19-37-14-15-38-33-23-3-2-21(18-36)24(16-23)34-10-5-20(6-11-34)26(28)29/h2-4,9,16-18,33H,5-8,10-15,19H2,1H3,(H,31,32). The Labute approximate surface area is 225 Å². The van der Waals surface area contributed by atoms with E-state index >= 15 is 4.39 Å². The second-order valence-electron chi connectivity index (χ2n) is 9.54. The quantitative estimate of drug-likeness (QED) is 0.208. The largest absolute Gasteiger partial charge is 0.388 e. The number of nitrogens with zero attached hydrogens (tertiary/aromatic N) is 3. The molecule has 2 aliphatic rings. The number of ether oxygens (including phenoxy) is 1. The summed E-state index contributed by atoms with van der Waals surface area (Å²) in [7, 11) is 1.86. The van der Waals surface area contributed by atoms with Crippen molar-refractivity contribution in [2.24, 2.45) is 0 Å². The minimum absolute atomic E-state index is 0.0639. The molecule has 0 unspecified atom stereocenters. The third kappa shape index (κ3) is 7.35. The van der Waals surface area contributed by atoms with E-state index in [-0.39, 0.29) is 12.2 Å². The van der Waals surface area contributed by atoms with E-state index in [9.17, 15) is 13.6 Å². The van der Waals surface area contributed by atoms with E-state index in [1.54, 1.807) is 12.3 Å². The van der Waals surface area contributed by atoms with Gasteiger partial charge in [0.15, 0.2) is 6.29 Å². The monoisotopic (exact) mass is 549 g/mol. The van der Waals surface area contributed by atoms with Crippen LogP contribution in [0, 0.1) is 0 Å². The molecule has 2 aliphatic heterocycles. The Kier molecular flexibility index (Phi) is 9.79. The minimum Gasteiger partial charge on any atom is -0.388 e. The van der Waals surface area contributed by atoms with Gasteiger partial charge in [0, 0.05) is 86.7 Å². The third-order valence-corrected chi connectivity index (χ3v) is 7.78. The van der Waals surface area contributed by atoms with E-state index in [1.807, 2.05) is 36.2 Å². The van der Waals surface area contributed by atoms with Gasteiger partial charge in [0.25, 0.3) is 6.08 Å². The average molecular weight is 550 g/mol. The summed E-state index contributed by atoms with van der Waals surface area (Å²) in [5.74, 6) is 1.46. The van der Waals surface area contributed by atoms with Gasteiger partial charge in [-0.25, -0.2) is 9.37 Å². The van der Waals surface area contributed by atoms with Gasteiger partial charge in [0.2, 0.25) is 0 Å². The zero-order chi connectivity index (χ0) is 27.0. The fraction of sp³-hybridized carbons (Fsp3) is 0.481. The maximum absolute atomic E-state index is 15.3. The Balaban J connectivity index is 1.18. The van der Waals surface area contributed by atoms with Crippen molar-refractivity contribution >= 4 is 41.1 Å². The van der Waals surface area contributed by atoms with Crippen LogP contribution in [0.2, 0.25) is 0 Å². The molecule has 1 aromatic heterocycles. The van der Waals surface area contributed by atoms with Crippen molar-refractivity contribution in [1.82, 2.24) is 4.98 Å². The predicted octanol–water partition coefficient (Wildman–Crippen LogP) is 5.77. The Bertz CT molecular complexity index is 1110. The first-order valence-corrected chi connectivity index (χ1v) is 13.8. The summed E-state index contributed by atoms with van der Waals surface area (Å²) in [4.78, 5) is 20.0. The first-order valence-electron chi connectivity index (χ1n) is 12.8. The van der Waals surface area contributed by atoms with E-state index in [2.05, 4.69) is 19.9 Å². The van der Waals surface area contributed by atoms with E-state index in [4.69, 9.17) is 4.74 Å².